The summed E-state index contributed by atoms with van der Waals surface area (Å²) in [7, 11) is 0.0683. The van der Waals surface area contributed by atoms with E-state index in [4.69, 9.17) is 15.2 Å². The Balaban J connectivity index is 1.76. The summed E-state index contributed by atoms with van der Waals surface area (Å²) in [5.41, 5.74) is 7.62. The van der Waals surface area contributed by atoms with Crippen LogP contribution in [0.2, 0.25) is 25.7 Å². The zero-order chi connectivity index (χ0) is 31.5. The molecule has 3 heterocycles. The molecule has 3 aromatic heterocycles. The number of nitrogens with one attached hydrogen (secondary N) is 1. The molecule has 0 saturated carbocycles. The SMILES string of the molecule is COc1ncccc1C(=O)NCc1ccc(-c2nn(C(C)C(F)(F)F)c(N)c2C#N)c2cnn(COCC[Si](C)(C)C)c12. The van der Waals surface area contributed by atoms with E-state index in [1.165, 1.54) is 19.5 Å². The quantitative estimate of drug-likeness (QED) is 0.175. The van der Waals surface area contributed by atoms with Crippen LogP contribution in [0.5, 0.6) is 5.88 Å². The number of rotatable bonds is 11. The topological polar surface area (TPSA) is 146 Å². The molecule has 1 aromatic carbocycles. The minimum Gasteiger partial charge on any atom is -0.480 e. The number of nitriles is 1. The molecule has 0 bridgehead atoms. The first-order valence-corrected chi connectivity index (χ1v) is 17.1. The maximum absolute atomic E-state index is 13.5. The second-order valence-electron chi connectivity index (χ2n) is 11.2. The van der Waals surface area contributed by atoms with Crippen LogP contribution in [0.25, 0.3) is 22.2 Å². The van der Waals surface area contributed by atoms with Gasteiger partial charge >= 0.3 is 6.18 Å². The summed E-state index contributed by atoms with van der Waals surface area (Å²) in [6.45, 7) is 8.33. The maximum Gasteiger partial charge on any atom is 0.410 e. The number of halogens is 3. The van der Waals surface area contributed by atoms with E-state index in [0.29, 0.717) is 33.3 Å². The van der Waals surface area contributed by atoms with Gasteiger partial charge in [-0.15, -0.1) is 0 Å². The summed E-state index contributed by atoms with van der Waals surface area (Å²) in [4.78, 5) is 17.0. The van der Waals surface area contributed by atoms with Crippen molar-refractivity contribution < 1.29 is 27.4 Å². The van der Waals surface area contributed by atoms with Crippen LogP contribution in [0, 0.1) is 11.3 Å². The van der Waals surface area contributed by atoms with Gasteiger partial charge in [0.15, 0.2) is 0 Å². The Bertz CT molecular complexity index is 1670. The number of benzene rings is 1. The predicted octanol–water partition coefficient (Wildman–Crippen LogP) is 5.12. The molecule has 0 aliphatic rings. The number of hydrogen-bond acceptors (Lipinski definition) is 8. The number of aromatic nitrogens is 5. The van der Waals surface area contributed by atoms with Crippen molar-refractivity contribution in [3.8, 4) is 23.2 Å². The summed E-state index contributed by atoms with van der Waals surface area (Å²) in [5.74, 6) is -0.634. The predicted molar refractivity (Wildman–Crippen MR) is 157 cm³/mol. The zero-order valence-corrected chi connectivity index (χ0v) is 25.5. The van der Waals surface area contributed by atoms with Gasteiger partial charge in [-0.3, -0.25) is 4.79 Å². The third-order valence-corrected chi connectivity index (χ3v) is 8.60. The summed E-state index contributed by atoms with van der Waals surface area (Å²) in [6, 6.07) is 7.31. The number of methoxy groups -OCH3 is 1. The van der Waals surface area contributed by atoms with Gasteiger partial charge in [0.25, 0.3) is 5.91 Å². The summed E-state index contributed by atoms with van der Waals surface area (Å²) < 4.78 is 54.0. The summed E-state index contributed by atoms with van der Waals surface area (Å²) in [5, 5.41) is 21.8. The van der Waals surface area contributed by atoms with Crippen LogP contribution in [-0.4, -0.2) is 58.4 Å². The minimum atomic E-state index is -4.63. The minimum absolute atomic E-state index is 0.00372. The van der Waals surface area contributed by atoms with Crippen molar-refractivity contribution in [3.63, 3.8) is 0 Å². The van der Waals surface area contributed by atoms with Crippen molar-refractivity contribution in [3.05, 3.63) is 53.3 Å². The van der Waals surface area contributed by atoms with E-state index in [0.717, 1.165) is 13.0 Å². The van der Waals surface area contributed by atoms with Gasteiger partial charge < -0.3 is 20.5 Å². The van der Waals surface area contributed by atoms with Gasteiger partial charge in [0.1, 0.15) is 41.5 Å². The molecular weight excluding hydrogens is 581 g/mol. The number of nitrogens with zero attached hydrogens (tertiary/aromatic N) is 6. The summed E-state index contributed by atoms with van der Waals surface area (Å²) >= 11 is 0. The van der Waals surface area contributed by atoms with Gasteiger partial charge in [0.05, 0.1) is 18.8 Å². The van der Waals surface area contributed by atoms with Crippen molar-refractivity contribution in [2.24, 2.45) is 0 Å². The molecule has 0 radical (unpaired) electrons. The van der Waals surface area contributed by atoms with Crippen molar-refractivity contribution in [2.45, 2.75) is 58.1 Å². The van der Waals surface area contributed by atoms with Gasteiger partial charge in [-0.1, -0.05) is 31.8 Å². The third-order valence-electron chi connectivity index (χ3n) is 6.90. The van der Waals surface area contributed by atoms with Crippen molar-refractivity contribution in [1.29, 1.82) is 5.26 Å². The van der Waals surface area contributed by atoms with E-state index in [-0.39, 0.29) is 41.8 Å². The first-order chi connectivity index (χ1) is 20.3. The molecule has 11 nitrogen and oxygen atoms in total. The number of carbonyl (C=O) groups excluding carboxylic acids is 1. The molecule has 228 valence electrons. The Morgan fingerprint density at radius 2 is 2.00 bits per heavy atom. The number of nitrogen functional groups attached to an aromatic ring is 1. The number of hydrogen-bond donors (Lipinski definition) is 2. The molecule has 0 fully saturated rings. The van der Waals surface area contributed by atoms with Crippen molar-refractivity contribution in [2.75, 3.05) is 19.5 Å². The van der Waals surface area contributed by atoms with Gasteiger partial charge in [-0.25, -0.2) is 14.3 Å². The molecule has 43 heavy (non-hydrogen) atoms. The van der Waals surface area contributed by atoms with Gasteiger partial charge in [0, 0.05) is 38.4 Å². The number of carbonyl (C=O) groups is 1. The molecule has 4 rings (SSSR count). The fourth-order valence-corrected chi connectivity index (χ4v) is 5.18. The smallest absolute Gasteiger partial charge is 0.410 e. The number of fused-ring (bicyclic) bond motifs is 1. The number of nitrogens with two attached hydrogens (primary N) is 1. The molecule has 0 aliphatic carbocycles. The number of anilines is 1. The van der Waals surface area contributed by atoms with E-state index in [1.807, 2.05) is 6.07 Å². The van der Waals surface area contributed by atoms with E-state index in [9.17, 15) is 23.2 Å². The molecule has 0 spiro atoms. The average Bonchev–Trinajstić information content (AvgIpc) is 3.53. The molecule has 0 aliphatic heterocycles. The van der Waals surface area contributed by atoms with E-state index in [2.05, 4.69) is 40.1 Å². The van der Waals surface area contributed by atoms with Gasteiger partial charge in [-0.2, -0.15) is 28.6 Å². The van der Waals surface area contributed by atoms with E-state index >= 15 is 0 Å². The van der Waals surface area contributed by atoms with Crippen LogP contribution in [0.3, 0.4) is 0 Å². The van der Waals surface area contributed by atoms with Crippen LogP contribution < -0.4 is 15.8 Å². The fraction of sp³-hybridized carbons (Fsp3) is 0.393. The third kappa shape index (κ3) is 6.81. The Hall–Kier alpha value is -4.42. The Labute approximate surface area is 247 Å². The monoisotopic (exact) mass is 614 g/mol. The first kappa shape index (κ1) is 31.5. The fourth-order valence-electron chi connectivity index (χ4n) is 4.43. The zero-order valence-electron chi connectivity index (χ0n) is 24.5. The first-order valence-electron chi connectivity index (χ1n) is 13.4. The van der Waals surface area contributed by atoms with Crippen molar-refractivity contribution >= 4 is 30.7 Å². The second-order valence-corrected chi connectivity index (χ2v) is 16.8. The molecule has 1 unspecified atom stereocenters. The molecule has 15 heteroatoms. The molecule has 0 saturated heterocycles. The number of alkyl halides is 3. The summed E-state index contributed by atoms with van der Waals surface area (Å²) in [6.07, 6.45) is -1.58. The highest BCUT2D eigenvalue weighted by Gasteiger charge is 2.40. The highest BCUT2D eigenvalue weighted by Crippen LogP contribution is 2.38. The number of pyridine rings is 1. The average molecular weight is 615 g/mol. The lowest BCUT2D eigenvalue weighted by Gasteiger charge is -2.17. The molecular formula is C28H33F3N8O3Si. The van der Waals surface area contributed by atoms with Crippen LogP contribution in [0.1, 0.15) is 34.5 Å². The van der Waals surface area contributed by atoms with E-state index < -0.39 is 26.2 Å². The van der Waals surface area contributed by atoms with E-state index in [1.54, 1.807) is 28.9 Å². The lowest BCUT2D eigenvalue weighted by molar-refractivity contribution is -0.164. The Kier molecular flexibility index (Phi) is 9.11. The lowest BCUT2D eigenvalue weighted by Crippen LogP contribution is -2.25. The van der Waals surface area contributed by atoms with Crippen LogP contribution in [0.15, 0.2) is 36.7 Å². The molecule has 1 atom stereocenters. The second kappa shape index (κ2) is 12.4. The number of ether oxygens (including phenoxy) is 2. The normalized spacial score (nSPS) is 12.7. The molecule has 3 N–H and O–H groups in total. The standard InChI is InChI=1S/C28H33F3N8O3Si/c1-17(28(29,30)31)39-25(33)21(13-32)23(37-39)19-9-8-18(14-35-26(40)20-7-6-10-34-27(20)41-2)24-22(19)15-36-38(24)16-42-11-12-43(3,4)5/h6-10,15,17H,11-12,14,16,33H2,1-5H3,(H,35,40). The Morgan fingerprint density at radius 1 is 1.26 bits per heavy atom. The van der Waals surface area contributed by atoms with Crippen LogP contribution in [-0.2, 0) is 18.0 Å². The van der Waals surface area contributed by atoms with Crippen molar-refractivity contribution in [1.82, 2.24) is 29.9 Å². The molecule has 4 aromatic rings. The Morgan fingerprint density at radius 3 is 2.65 bits per heavy atom. The molecule has 1 amide bonds. The van der Waals surface area contributed by atoms with Crippen LogP contribution in [0.4, 0.5) is 19.0 Å². The lowest BCUT2D eigenvalue weighted by atomic mass is 10.0. The van der Waals surface area contributed by atoms with Gasteiger partial charge in [0.2, 0.25) is 5.88 Å². The largest absolute Gasteiger partial charge is 0.480 e. The van der Waals surface area contributed by atoms with Gasteiger partial charge in [-0.05, 0) is 30.7 Å². The highest BCUT2D eigenvalue weighted by molar-refractivity contribution is 6.76. The highest BCUT2D eigenvalue weighted by atomic mass is 28.3. The number of amides is 1. The maximum atomic E-state index is 13.5. The van der Waals surface area contributed by atoms with Crippen LogP contribution >= 0.6 is 0 Å².